The second kappa shape index (κ2) is 4.97. The molecule has 0 aliphatic heterocycles. The van der Waals surface area contributed by atoms with Gasteiger partial charge >= 0.3 is 6.18 Å². The smallest absolute Gasteiger partial charge is 0.319 e. The van der Waals surface area contributed by atoms with Crippen LogP contribution in [0.1, 0.15) is 28.7 Å². The van der Waals surface area contributed by atoms with Crippen LogP contribution in [0.25, 0.3) is 0 Å². The summed E-state index contributed by atoms with van der Waals surface area (Å²) in [5.74, 6) is 0.470. The molecular formula is C13H12F3N3. The van der Waals surface area contributed by atoms with Gasteiger partial charge < -0.3 is 5.73 Å². The molecule has 1 aromatic heterocycles. The van der Waals surface area contributed by atoms with Gasteiger partial charge in [-0.1, -0.05) is 18.2 Å². The molecule has 0 aliphatic carbocycles. The molecule has 0 aliphatic rings. The van der Waals surface area contributed by atoms with Crippen molar-refractivity contribution in [2.45, 2.75) is 19.1 Å². The minimum atomic E-state index is -4.43. The summed E-state index contributed by atoms with van der Waals surface area (Å²) in [4.78, 5) is 7.97. The Morgan fingerprint density at radius 1 is 1.16 bits per heavy atom. The van der Waals surface area contributed by atoms with Crippen LogP contribution in [0.3, 0.4) is 0 Å². The largest absolute Gasteiger partial charge is 0.416 e. The molecule has 0 spiro atoms. The fourth-order valence-electron chi connectivity index (χ4n) is 1.83. The van der Waals surface area contributed by atoms with E-state index >= 15 is 0 Å². The van der Waals surface area contributed by atoms with E-state index in [0.717, 1.165) is 6.07 Å². The summed E-state index contributed by atoms with van der Waals surface area (Å²) in [6.45, 7) is 1.66. The second-order valence-electron chi connectivity index (χ2n) is 4.09. The number of nitrogens with zero attached hydrogens (tertiary/aromatic N) is 2. The van der Waals surface area contributed by atoms with E-state index < -0.39 is 17.8 Å². The standard InChI is InChI=1S/C13H12F3N3/c1-8-18-7-6-11(19-8)12(17)9-4-2-3-5-10(9)13(14,15)16/h2-7,12H,17H2,1H3. The lowest BCUT2D eigenvalue weighted by atomic mass is 9.98. The molecule has 0 bridgehead atoms. The van der Waals surface area contributed by atoms with Gasteiger partial charge in [-0.15, -0.1) is 0 Å². The first-order valence-corrected chi connectivity index (χ1v) is 5.61. The number of aromatic nitrogens is 2. The Balaban J connectivity index is 2.48. The minimum Gasteiger partial charge on any atom is -0.319 e. The highest BCUT2D eigenvalue weighted by molar-refractivity contribution is 5.36. The third kappa shape index (κ3) is 2.90. The average molecular weight is 267 g/mol. The predicted molar refractivity (Wildman–Crippen MR) is 64.2 cm³/mol. The number of hydrogen-bond acceptors (Lipinski definition) is 3. The summed E-state index contributed by atoms with van der Waals surface area (Å²) >= 11 is 0. The maximum absolute atomic E-state index is 12.9. The predicted octanol–water partition coefficient (Wildman–Crippen LogP) is 2.85. The van der Waals surface area contributed by atoms with Gasteiger partial charge in [-0.05, 0) is 24.6 Å². The van der Waals surface area contributed by atoms with Crippen LogP contribution in [0.5, 0.6) is 0 Å². The Hall–Kier alpha value is -1.95. The molecule has 0 radical (unpaired) electrons. The van der Waals surface area contributed by atoms with Gasteiger partial charge in [-0.3, -0.25) is 0 Å². The van der Waals surface area contributed by atoms with Crippen LogP contribution >= 0.6 is 0 Å². The molecule has 0 saturated carbocycles. The number of alkyl halides is 3. The number of halogens is 3. The minimum absolute atomic E-state index is 0.00750. The monoisotopic (exact) mass is 267 g/mol. The molecule has 1 unspecified atom stereocenters. The first-order chi connectivity index (χ1) is 8.89. The van der Waals surface area contributed by atoms with Gasteiger partial charge in [0, 0.05) is 6.20 Å². The Bertz CT molecular complexity index is 581. The summed E-state index contributed by atoms with van der Waals surface area (Å²) in [7, 11) is 0. The van der Waals surface area contributed by atoms with Gasteiger partial charge in [0.2, 0.25) is 0 Å². The molecule has 3 nitrogen and oxygen atoms in total. The number of hydrogen-bond donors (Lipinski definition) is 1. The van der Waals surface area contributed by atoms with Gasteiger partial charge in [0.25, 0.3) is 0 Å². The molecule has 100 valence electrons. The van der Waals surface area contributed by atoms with Gasteiger partial charge in [0.1, 0.15) is 5.82 Å². The van der Waals surface area contributed by atoms with Gasteiger partial charge in [0.15, 0.2) is 0 Å². The maximum atomic E-state index is 12.9. The molecule has 0 saturated heterocycles. The molecule has 1 aromatic carbocycles. The van der Waals surface area contributed by atoms with E-state index in [1.807, 2.05) is 0 Å². The van der Waals surface area contributed by atoms with Crippen molar-refractivity contribution in [1.82, 2.24) is 9.97 Å². The molecule has 0 fully saturated rings. The topological polar surface area (TPSA) is 51.8 Å². The first-order valence-electron chi connectivity index (χ1n) is 5.61. The fourth-order valence-corrected chi connectivity index (χ4v) is 1.83. The summed E-state index contributed by atoms with van der Waals surface area (Å²) in [6, 6.07) is 5.83. The highest BCUT2D eigenvalue weighted by Gasteiger charge is 2.34. The average Bonchev–Trinajstić information content (AvgIpc) is 2.37. The molecule has 0 amide bonds. The van der Waals surface area contributed by atoms with Crippen molar-refractivity contribution in [3.05, 3.63) is 59.2 Å². The Kier molecular flexibility index (Phi) is 3.53. The van der Waals surface area contributed by atoms with E-state index in [-0.39, 0.29) is 5.56 Å². The van der Waals surface area contributed by atoms with E-state index in [1.54, 1.807) is 6.92 Å². The van der Waals surface area contributed by atoms with Crippen molar-refractivity contribution >= 4 is 0 Å². The summed E-state index contributed by atoms with van der Waals surface area (Å²) in [5, 5.41) is 0. The van der Waals surface area contributed by atoms with Crippen molar-refractivity contribution in [3.63, 3.8) is 0 Å². The molecule has 2 aromatic rings. The SMILES string of the molecule is Cc1nccc(C(N)c2ccccc2C(F)(F)F)n1. The summed E-state index contributed by atoms with van der Waals surface area (Å²) in [5.41, 5.74) is 5.53. The lowest BCUT2D eigenvalue weighted by Gasteiger charge is -2.17. The lowest BCUT2D eigenvalue weighted by Crippen LogP contribution is -2.19. The van der Waals surface area contributed by atoms with Crippen LogP contribution in [0.4, 0.5) is 13.2 Å². The van der Waals surface area contributed by atoms with Crippen LogP contribution in [0, 0.1) is 6.92 Å². The zero-order valence-electron chi connectivity index (χ0n) is 10.1. The van der Waals surface area contributed by atoms with E-state index in [9.17, 15) is 13.2 Å². The lowest BCUT2D eigenvalue weighted by molar-refractivity contribution is -0.138. The first kappa shape index (κ1) is 13.5. The van der Waals surface area contributed by atoms with Crippen LogP contribution in [0.2, 0.25) is 0 Å². The second-order valence-corrected chi connectivity index (χ2v) is 4.09. The van der Waals surface area contributed by atoms with Crippen molar-refractivity contribution < 1.29 is 13.2 Å². The van der Waals surface area contributed by atoms with Gasteiger partial charge in [0.05, 0.1) is 17.3 Å². The molecule has 6 heteroatoms. The quantitative estimate of drug-likeness (QED) is 0.910. The third-order valence-electron chi connectivity index (χ3n) is 2.72. The Labute approximate surface area is 108 Å². The van der Waals surface area contributed by atoms with Gasteiger partial charge in [-0.2, -0.15) is 13.2 Å². The van der Waals surface area contributed by atoms with E-state index in [0.29, 0.717) is 11.5 Å². The molecule has 2 N–H and O–H groups in total. The highest BCUT2D eigenvalue weighted by Crippen LogP contribution is 2.35. The van der Waals surface area contributed by atoms with Crippen molar-refractivity contribution in [2.24, 2.45) is 5.73 Å². The van der Waals surface area contributed by atoms with E-state index in [1.165, 1.54) is 30.5 Å². The van der Waals surface area contributed by atoms with Crippen LogP contribution in [-0.4, -0.2) is 9.97 Å². The van der Waals surface area contributed by atoms with E-state index in [4.69, 9.17) is 5.73 Å². The maximum Gasteiger partial charge on any atom is 0.416 e. The summed E-state index contributed by atoms with van der Waals surface area (Å²) in [6.07, 6.45) is -2.95. The molecule has 1 atom stereocenters. The Morgan fingerprint density at radius 2 is 1.84 bits per heavy atom. The number of benzene rings is 1. The molecule has 19 heavy (non-hydrogen) atoms. The molecule has 2 rings (SSSR count). The van der Waals surface area contributed by atoms with Gasteiger partial charge in [-0.25, -0.2) is 9.97 Å². The molecule has 1 heterocycles. The molecular weight excluding hydrogens is 255 g/mol. The van der Waals surface area contributed by atoms with Crippen LogP contribution < -0.4 is 5.73 Å². The normalized spacial score (nSPS) is 13.3. The third-order valence-corrected chi connectivity index (χ3v) is 2.72. The van der Waals surface area contributed by atoms with Crippen molar-refractivity contribution in [1.29, 1.82) is 0 Å². The van der Waals surface area contributed by atoms with E-state index in [2.05, 4.69) is 9.97 Å². The highest BCUT2D eigenvalue weighted by atomic mass is 19.4. The number of rotatable bonds is 2. The van der Waals surface area contributed by atoms with Crippen LogP contribution in [0.15, 0.2) is 36.5 Å². The summed E-state index contributed by atoms with van der Waals surface area (Å²) < 4.78 is 38.7. The number of aryl methyl sites for hydroxylation is 1. The zero-order valence-corrected chi connectivity index (χ0v) is 10.1. The number of nitrogens with two attached hydrogens (primary N) is 1. The van der Waals surface area contributed by atoms with Crippen LogP contribution in [-0.2, 0) is 6.18 Å². The Morgan fingerprint density at radius 3 is 2.47 bits per heavy atom. The van der Waals surface area contributed by atoms with Crippen molar-refractivity contribution in [2.75, 3.05) is 0 Å². The zero-order chi connectivity index (χ0) is 14.0. The van der Waals surface area contributed by atoms with Crippen molar-refractivity contribution in [3.8, 4) is 0 Å². The fraction of sp³-hybridized carbons (Fsp3) is 0.231.